The van der Waals surface area contributed by atoms with Crippen LogP contribution in [0.2, 0.25) is 0 Å². The summed E-state index contributed by atoms with van der Waals surface area (Å²) in [5.74, 6) is 0.616. The average Bonchev–Trinajstić information content (AvgIpc) is 3.02. The third-order valence-electron chi connectivity index (χ3n) is 3.54. The van der Waals surface area contributed by atoms with Gasteiger partial charge in [0.15, 0.2) is 0 Å². The summed E-state index contributed by atoms with van der Waals surface area (Å²) in [4.78, 5) is 7.55. The summed E-state index contributed by atoms with van der Waals surface area (Å²) >= 11 is 3.34. The monoisotopic (exact) mass is 309 g/mol. The third kappa shape index (κ3) is 1.87. The van der Waals surface area contributed by atoms with Crippen LogP contribution in [0.4, 0.5) is 4.39 Å². The molecule has 1 saturated carbocycles. The molecular weight excluding hydrogens is 297 g/mol. The first kappa shape index (κ1) is 11.9. The van der Waals surface area contributed by atoms with Crippen molar-refractivity contribution >= 4 is 15.9 Å². The Bertz CT molecular complexity index is 590. The summed E-state index contributed by atoms with van der Waals surface area (Å²) in [5, 5.41) is 0. The van der Waals surface area contributed by atoms with E-state index in [2.05, 4.69) is 25.9 Å². The first-order chi connectivity index (χ1) is 8.64. The Morgan fingerprint density at radius 3 is 2.89 bits per heavy atom. The highest BCUT2D eigenvalue weighted by molar-refractivity contribution is 9.10. The molecule has 0 amide bonds. The lowest BCUT2D eigenvalue weighted by Gasteiger charge is -2.07. The minimum absolute atomic E-state index is 0.000733. The van der Waals surface area contributed by atoms with E-state index in [0.29, 0.717) is 17.8 Å². The minimum Gasteiger partial charge on any atom is -0.341 e. The van der Waals surface area contributed by atoms with E-state index in [0.717, 1.165) is 23.1 Å². The van der Waals surface area contributed by atoms with Crippen LogP contribution in [0.15, 0.2) is 28.9 Å². The molecule has 3 nitrogen and oxygen atoms in total. The standard InChI is InChI=1S/C13H13BrFN3/c14-8-1-2-10(15)9(5-8)11-6-17-12(18-11)13(7-16)3-4-13/h1-2,5-6H,3-4,7,16H2,(H,17,18). The second kappa shape index (κ2) is 4.17. The largest absolute Gasteiger partial charge is 0.341 e. The Kier molecular flexibility index (Phi) is 2.75. The number of nitrogens with zero attached hydrogens (tertiary/aromatic N) is 1. The highest BCUT2D eigenvalue weighted by Gasteiger charge is 2.45. The van der Waals surface area contributed by atoms with Gasteiger partial charge in [-0.15, -0.1) is 0 Å². The topological polar surface area (TPSA) is 54.7 Å². The van der Waals surface area contributed by atoms with Crippen molar-refractivity contribution in [1.82, 2.24) is 9.97 Å². The van der Waals surface area contributed by atoms with Crippen LogP contribution in [0, 0.1) is 5.82 Å². The van der Waals surface area contributed by atoms with Gasteiger partial charge in [-0.2, -0.15) is 0 Å². The van der Waals surface area contributed by atoms with Crippen molar-refractivity contribution in [2.24, 2.45) is 5.73 Å². The van der Waals surface area contributed by atoms with Crippen molar-refractivity contribution in [3.8, 4) is 11.3 Å². The molecule has 1 aliphatic rings. The molecule has 0 saturated heterocycles. The molecule has 1 fully saturated rings. The van der Waals surface area contributed by atoms with Crippen molar-refractivity contribution in [3.63, 3.8) is 0 Å². The molecule has 2 aromatic rings. The van der Waals surface area contributed by atoms with E-state index in [9.17, 15) is 4.39 Å². The molecule has 0 aliphatic heterocycles. The van der Waals surface area contributed by atoms with E-state index in [1.807, 2.05) is 0 Å². The summed E-state index contributed by atoms with van der Waals surface area (Å²) in [6.07, 6.45) is 3.78. The van der Waals surface area contributed by atoms with E-state index in [-0.39, 0.29) is 11.2 Å². The zero-order chi connectivity index (χ0) is 12.8. The molecule has 1 aromatic heterocycles. The summed E-state index contributed by atoms with van der Waals surface area (Å²) in [7, 11) is 0. The van der Waals surface area contributed by atoms with Crippen LogP contribution in [0.3, 0.4) is 0 Å². The molecule has 1 heterocycles. The summed E-state index contributed by atoms with van der Waals surface area (Å²) in [5.41, 5.74) is 6.98. The van der Waals surface area contributed by atoms with Gasteiger partial charge in [0.1, 0.15) is 11.6 Å². The van der Waals surface area contributed by atoms with Crippen LogP contribution in [0.1, 0.15) is 18.7 Å². The minimum atomic E-state index is -0.258. The van der Waals surface area contributed by atoms with Gasteiger partial charge >= 0.3 is 0 Å². The second-order valence-electron chi connectivity index (χ2n) is 4.75. The molecule has 1 aromatic carbocycles. The van der Waals surface area contributed by atoms with Crippen LogP contribution in [-0.2, 0) is 5.41 Å². The Morgan fingerprint density at radius 2 is 2.22 bits per heavy atom. The molecule has 3 rings (SSSR count). The molecule has 0 bridgehead atoms. The maximum atomic E-state index is 13.8. The first-order valence-corrected chi connectivity index (χ1v) is 6.65. The van der Waals surface area contributed by atoms with Gasteiger partial charge in [-0.05, 0) is 31.0 Å². The Morgan fingerprint density at radius 1 is 1.44 bits per heavy atom. The van der Waals surface area contributed by atoms with Gasteiger partial charge in [-0.25, -0.2) is 9.37 Å². The number of halogens is 2. The lowest BCUT2D eigenvalue weighted by Crippen LogP contribution is -2.21. The van der Waals surface area contributed by atoms with Crippen LogP contribution >= 0.6 is 15.9 Å². The Labute approximate surface area is 113 Å². The van der Waals surface area contributed by atoms with Gasteiger partial charge in [-0.1, -0.05) is 15.9 Å². The number of benzene rings is 1. The van der Waals surface area contributed by atoms with E-state index in [4.69, 9.17) is 5.73 Å². The lowest BCUT2D eigenvalue weighted by atomic mass is 10.1. The van der Waals surface area contributed by atoms with E-state index < -0.39 is 0 Å². The van der Waals surface area contributed by atoms with Crippen LogP contribution in [0.25, 0.3) is 11.3 Å². The summed E-state index contributed by atoms with van der Waals surface area (Å²) in [6.45, 7) is 0.584. The number of hydrogen-bond donors (Lipinski definition) is 2. The van der Waals surface area contributed by atoms with Gasteiger partial charge in [0.05, 0.1) is 11.9 Å². The normalized spacial score (nSPS) is 16.8. The fraction of sp³-hybridized carbons (Fsp3) is 0.308. The van der Waals surface area contributed by atoms with Crippen LogP contribution in [0.5, 0.6) is 0 Å². The highest BCUT2D eigenvalue weighted by atomic mass is 79.9. The van der Waals surface area contributed by atoms with Crippen LogP contribution < -0.4 is 5.73 Å². The zero-order valence-electron chi connectivity index (χ0n) is 9.71. The maximum Gasteiger partial charge on any atom is 0.132 e. The molecule has 1 aliphatic carbocycles. The fourth-order valence-corrected chi connectivity index (χ4v) is 2.48. The lowest BCUT2D eigenvalue weighted by molar-refractivity contribution is 0.630. The number of aromatic nitrogens is 2. The smallest absolute Gasteiger partial charge is 0.132 e. The summed E-state index contributed by atoms with van der Waals surface area (Å²) in [6, 6.07) is 4.86. The molecule has 0 atom stereocenters. The quantitative estimate of drug-likeness (QED) is 0.916. The zero-order valence-corrected chi connectivity index (χ0v) is 11.3. The number of H-pyrrole nitrogens is 1. The van der Waals surface area contributed by atoms with E-state index >= 15 is 0 Å². The molecule has 0 radical (unpaired) electrons. The number of hydrogen-bond acceptors (Lipinski definition) is 2. The second-order valence-corrected chi connectivity index (χ2v) is 5.67. The fourth-order valence-electron chi connectivity index (χ4n) is 2.12. The van der Waals surface area contributed by atoms with Crippen molar-refractivity contribution in [2.45, 2.75) is 18.3 Å². The van der Waals surface area contributed by atoms with E-state index in [1.54, 1.807) is 18.3 Å². The molecule has 94 valence electrons. The van der Waals surface area contributed by atoms with Gasteiger partial charge in [-0.3, -0.25) is 0 Å². The molecule has 0 unspecified atom stereocenters. The predicted molar refractivity (Wildman–Crippen MR) is 71.6 cm³/mol. The van der Waals surface area contributed by atoms with Gasteiger partial charge in [0, 0.05) is 22.0 Å². The summed E-state index contributed by atoms with van der Waals surface area (Å²) < 4.78 is 14.6. The number of rotatable bonds is 3. The van der Waals surface area contributed by atoms with Crippen molar-refractivity contribution in [3.05, 3.63) is 40.5 Å². The first-order valence-electron chi connectivity index (χ1n) is 5.86. The number of aromatic amines is 1. The van der Waals surface area contributed by atoms with Crippen LogP contribution in [-0.4, -0.2) is 16.5 Å². The van der Waals surface area contributed by atoms with Gasteiger partial charge in [0.2, 0.25) is 0 Å². The van der Waals surface area contributed by atoms with Crippen molar-refractivity contribution < 1.29 is 4.39 Å². The Hall–Kier alpha value is -1.20. The third-order valence-corrected chi connectivity index (χ3v) is 4.03. The predicted octanol–water partition coefficient (Wildman–Crippen LogP) is 2.97. The highest BCUT2D eigenvalue weighted by Crippen LogP contribution is 2.46. The number of nitrogens with two attached hydrogens (primary N) is 1. The maximum absolute atomic E-state index is 13.8. The van der Waals surface area contributed by atoms with Crippen molar-refractivity contribution in [2.75, 3.05) is 6.54 Å². The molecular formula is C13H13BrFN3. The molecule has 5 heteroatoms. The number of nitrogens with one attached hydrogen (secondary N) is 1. The number of imidazole rings is 1. The molecule has 18 heavy (non-hydrogen) atoms. The average molecular weight is 310 g/mol. The van der Waals surface area contributed by atoms with E-state index in [1.165, 1.54) is 6.07 Å². The SMILES string of the molecule is NCC1(c2ncc(-c3cc(Br)ccc3F)[nH]2)CC1. The van der Waals surface area contributed by atoms with Gasteiger partial charge < -0.3 is 10.7 Å². The molecule has 3 N–H and O–H groups in total. The molecule has 0 spiro atoms. The van der Waals surface area contributed by atoms with Crippen molar-refractivity contribution in [1.29, 1.82) is 0 Å². The Balaban J connectivity index is 2.00. The van der Waals surface area contributed by atoms with Gasteiger partial charge in [0.25, 0.3) is 0 Å².